The third-order valence-corrected chi connectivity index (χ3v) is 2.97. The minimum absolute atomic E-state index is 0.271. The molecular weight excluding hydrogens is 287 g/mol. The molecule has 0 bridgehead atoms. The SMILES string of the molecule is Cc1cc(C(=O)Nc2ccc(Cl)cc2Cl)cc(=O)[nH]1. The van der Waals surface area contributed by atoms with E-state index in [1.807, 2.05) is 0 Å². The van der Waals surface area contributed by atoms with E-state index in [4.69, 9.17) is 23.2 Å². The third kappa shape index (κ3) is 3.36. The van der Waals surface area contributed by atoms with Crippen molar-refractivity contribution < 1.29 is 4.79 Å². The zero-order chi connectivity index (χ0) is 14.0. The zero-order valence-electron chi connectivity index (χ0n) is 9.96. The number of anilines is 1. The van der Waals surface area contributed by atoms with Gasteiger partial charge in [0, 0.05) is 22.3 Å². The molecule has 0 aliphatic carbocycles. The van der Waals surface area contributed by atoms with Gasteiger partial charge in [0.2, 0.25) is 5.56 Å². The summed E-state index contributed by atoms with van der Waals surface area (Å²) in [7, 11) is 0. The predicted octanol–water partition coefficient (Wildman–Crippen LogP) is 3.24. The van der Waals surface area contributed by atoms with E-state index >= 15 is 0 Å². The van der Waals surface area contributed by atoms with Crippen molar-refractivity contribution in [3.8, 4) is 0 Å². The van der Waals surface area contributed by atoms with Crippen LogP contribution in [0, 0.1) is 6.92 Å². The molecule has 0 spiro atoms. The molecule has 1 amide bonds. The van der Waals surface area contributed by atoms with Crippen LogP contribution in [-0.2, 0) is 0 Å². The van der Waals surface area contributed by atoms with E-state index in [2.05, 4.69) is 10.3 Å². The van der Waals surface area contributed by atoms with Gasteiger partial charge in [-0.2, -0.15) is 0 Å². The number of carbonyl (C=O) groups is 1. The number of rotatable bonds is 2. The van der Waals surface area contributed by atoms with Gasteiger partial charge in [-0.05, 0) is 31.2 Å². The first kappa shape index (κ1) is 13.6. The summed E-state index contributed by atoms with van der Waals surface area (Å²) in [5.74, 6) is -0.404. The van der Waals surface area contributed by atoms with Crippen LogP contribution in [0.25, 0.3) is 0 Å². The molecule has 6 heteroatoms. The highest BCUT2D eigenvalue weighted by Crippen LogP contribution is 2.25. The molecule has 4 nitrogen and oxygen atoms in total. The number of hydrogen-bond acceptors (Lipinski definition) is 2. The number of benzene rings is 1. The van der Waals surface area contributed by atoms with E-state index in [0.717, 1.165) is 0 Å². The number of carbonyl (C=O) groups excluding carboxylic acids is 1. The first-order valence-corrected chi connectivity index (χ1v) is 6.18. The maximum atomic E-state index is 12.0. The molecule has 2 aromatic rings. The minimum Gasteiger partial charge on any atom is -0.326 e. The summed E-state index contributed by atoms with van der Waals surface area (Å²) in [6, 6.07) is 7.56. The Morgan fingerprint density at radius 1 is 1.21 bits per heavy atom. The van der Waals surface area contributed by atoms with Crippen molar-refractivity contribution in [3.05, 3.63) is 62.0 Å². The van der Waals surface area contributed by atoms with Crippen LogP contribution in [0.15, 0.2) is 35.1 Å². The summed E-state index contributed by atoms with van der Waals surface area (Å²) in [5.41, 5.74) is 0.994. The summed E-state index contributed by atoms with van der Waals surface area (Å²) >= 11 is 11.7. The molecule has 0 radical (unpaired) electrons. The molecule has 1 aromatic heterocycles. The van der Waals surface area contributed by atoms with Crippen LogP contribution in [0.4, 0.5) is 5.69 Å². The summed E-state index contributed by atoms with van der Waals surface area (Å²) in [6.45, 7) is 1.70. The van der Waals surface area contributed by atoms with Crippen LogP contribution in [0.5, 0.6) is 0 Å². The largest absolute Gasteiger partial charge is 0.326 e. The Bertz CT molecular complexity index is 695. The Balaban J connectivity index is 2.28. The molecular formula is C13H10Cl2N2O2. The fraction of sp³-hybridized carbons (Fsp3) is 0.0769. The quantitative estimate of drug-likeness (QED) is 0.894. The Morgan fingerprint density at radius 3 is 2.58 bits per heavy atom. The van der Waals surface area contributed by atoms with E-state index in [1.165, 1.54) is 12.1 Å². The first-order chi connectivity index (χ1) is 8.95. The number of pyridine rings is 1. The van der Waals surface area contributed by atoms with Gasteiger partial charge in [-0.1, -0.05) is 23.2 Å². The number of halogens is 2. The van der Waals surface area contributed by atoms with Crippen molar-refractivity contribution in [2.75, 3.05) is 5.32 Å². The molecule has 0 atom stereocenters. The van der Waals surface area contributed by atoms with Gasteiger partial charge in [0.25, 0.3) is 5.91 Å². The van der Waals surface area contributed by atoms with Crippen molar-refractivity contribution >= 4 is 34.8 Å². The third-order valence-electron chi connectivity index (χ3n) is 2.42. The average molecular weight is 297 g/mol. The van der Waals surface area contributed by atoms with Crippen LogP contribution in [0.2, 0.25) is 10.0 Å². The Morgan fingerprint density at radius 2 is 1.95 bits per heavy atom. The molecule has 98 valence electrons. The number of aromatic nitrogens is 1. The lowest BCUT2D eigenvalue weighted by Gasteiger charge is -2.07. The number of nitrogens with one attached hydrogen (secondary N) is 2. The highest BCUT2D eigenvalue weighted by atomic mass is 35.5. The lowest BCUT2D eigenvalue weighted by molar-refractivity contribution is 0.102. The number of aryl methyl sites for hydroxylation is 1. The number of aromatic amines is 1. The van der Waals surface area contributed by atoms with Gasteiger partial charge in [0.15, 0.2) is 0 Å². The smallest absolute Gasteiger partial charge is 0.255 e. The molecule has 0 aliphatic rings. The lowest BCUT2D eigenvalue weighted by atomic mass is 10.2. The average Bonchev–Trinajstić information content (AvgIpc) is 2.31. The van der Waals surface area contributed by atoms with Crippen molar-refractivity contribution in [1.29, 1.82) is 0 Å². The normalized spacial score (nSPS) is 10.3. The highest BCUT2D eigenvalue weighted by molar-refractivity contribution is 6.36. The van der Waals surface area contributed by atoms with Crippen LogP contribution < -0.4 is 10.9 Å². The Hall–Kier alpha value is -1.78. The minimum atomic E-state index is -0.404. The summed E-state index contributed by atoms with van der Waals surface area (Å²) in [4.78, 5) is 25.9. The molecule has 0 aliphatic heterocycles. The molecule has 1 heterocycles. The van der Waals surface area contributed by atoms with Crippen molar-refractivity contribution in [1.82, 2.24) is 4.98 Å². The lowest BCUT2D eigenvalue weighted by Crippen LogP contribution is -2.17. The van der Waals surface area contributed by atoms with Gasteiger partial charge in [-0.15, -0.1) is 0 Å². The van der Waals surface area contributed by atoms with E-state index in [9.17, 15) is 9.59 Å². The van der Waals surface area contributed by atoms with Crippen molar-refractivity contribution in [2.45, 2.75) is 6.92 Å². The number of hydrogen-bond donors (Lipinski definition) is 2. The topological polar surface area (TPSA) is 62.0 Å². The van der Waals surface area contributed by atoms with Crippen molar-refractivity contribution in [3.63, 3.8) is 0 Å². The molecule has 2 N–H and O–H groups in total. The second-order valence-corrected chi connectivity index (χ2v) is 4.84. The molecule has 0 fully saturated rings. The molecule has 0 unspecified atom stereocenters. The first-order valence-electron chi connectivity index (χ1n) is 5.43. The zero-order valence-corrected chi connectivity index (χ0v) is 11.5. The van der Waals surface area contributed by atoms with Gasteiger partial charge in [-0.25, -0.2) is 0 Å². The highest BCUT2D eigenvalue weighted by Gasteiger charge is 2.10. The van der Waals surface area contributed by atoms with E-state index in [0.29, 0.717) is 21.4 Å². The summed E-state index contributed by atoms with van der Waals surface area (Å²) < 4.78 is 0. The molecule has 0 saturated carbocycles. The van der Waals surface area contributed by atoms with Gasteiger partial charge in [-0.3, -0.25) is 9.59 Å². The van der Waals surface area contributed by atoms with E-state index in [1.54, 1.807) is 25.1 Å². The van der Waals surface area contributed by atoms with Crippen LogP contribution >= 0.6 is 23.2 Å². The van der Waals surface area contributed by atoms with Gasteiger partial charge in [0.1, 0.15) is 0 Å². The van der Waals surface area contributed by atoms with E-state index < -0.39 is 5.91 Å². The standard InChI is InChI=1S/C13H10Cl2N2O2/c1-7-4-8(5-12(18)16-7)13(19)17-11-3-2-9(14)6-10(11)15/h2-6H,1H3,(H,16,18)(H,17,19). The summed E-state index contributed by atoms with van der Waals surface area (Å²) in [6.07, 6.45) is 0. The van der Waals surface area contributed by atoms with Gasteiger partial charge >= 0.3 is 0 Å². The van der Waals surface area contributed by atoms with Crippen LogP contribution in [0.1, 0.15) is 16.1 Å². The number of H-pyrrole nitrogens is 1. The maximum absolute atomic E-state index is 12.0. The predicted molar refractivity (Wildman–Crippen MR) is 76.2 cm³/mol. The fourth-order valence-corrected chi connectivity index (χ4v) is 2.05. The molecule has 2 rings (SSSR count). The monoisotopic (exact) mass is 296 g/mol. The van der Waals surface area contributed by atoms with Gasteiger partial charge in [0.05, 0.1) is 10.7 Å². The summed E-state index contributed by atoms with van der Waals surface area (Å²) in [5, 5.41) is 3.44. The Kier molecular flexibility index (Phi) is 3.93. The second kappa shape index (κ2) is 5.47. The molecule has 0 saturated heterocycles. The maximum Gasteiger partial charge on any atom is 0.255 e. The second-order valence-electron chi connectivity index (χ2n) is 3.99. The molecule has 19 heavy (non-hydrogen) atoms. The Labute approximate surface area is 119 Å². The number of amides is 1. The van der Waals surface area contributed by atoms with Gasteiger partial charge < -0.3 is 10.3 Å². The van der Waals surface area contributed by atoms with Crippen LogP contribution in [-0.4, -0.2) is 10.9 Å². The van der Waals surface area contributed by atoms with Crippen LogP contribution in [0.3, 0.4) is 0 Å². The van der Waals surface area contributed by atoms with E-state index in [-0.39, 0.29) is 11.1 Å². The fourth-order valence-electron chi connectivity index (χ4n) is 1.60. The van der Waals surface area contributed by atoms with Crippen molar-refractivity contribution in [2.24, 2.45) is 0 Å². The molecule has 1 aromatic carbocycles.